The first-order valence-corrected chi connectivity index (χ1v) is 12.0. The molecule has 186 valence electrons. The highest BCUT2D eigenvalue weighted by Crippen LogP contribution is 2.39. The Kier molecular flexibility index (Phi) is 7.30. The van der Waals surface area contributed by atoms with Gasteiger partial charge in [-0.1, -0.05) is 38.5 Å². The monoisotopic (exact) mass is 481 g/mol. The van der Waals surface area contributed by atoms with Gasteiger partial charge in [0, 0.05) is 18.8 Å². The molecule has 10 heteroatoms. The maximum atomic E-state index is 13.5. The Labute approximate surface area is 203 Å². The summed E-state index contributed by atoms with van der Waals surface area (Å²) in [7, 11) is 0. The van der Waals surface area contributed by atoms with Gasteiger partial charge in [0.05, 0.1) is 31.1 Å². The number of Topliss-reactive ketones (excluding diaryl/α,β-unsaturated/α-hetero) is 1. The highest BCUT2D eigenvalue weighted by Gasteiger charge is 2.44. The van der Waals surface area contributed by atoms with Crippen molar-refractivity contribution in [3.8, 4) is 0 Å². The number of carboxylic acids is 1. The van der Waals surface area contributed by atoms with Crippen LogP contribution in [-0.2, 0) is 38.6 Å². The van der Waals surface area contributed by atoms with Crippen LogP contribution in [0.4, 0.5) is 5.69 Å². The number of imidazole rings is 1. The number of carbonyl (C=O) groups is 4. The third-order valence-corrected chi connectivity index (χ3v) is 6.94. The molecule has 0 spiro atoms. The molecule has 0 fully saturated rings. The van der Waals surface area contributed by atoms with E-state index in [1.54, 1.807) is 23.3 Å². The molecule has 0 saturated heterocycles. The zero-order valence-corrected chi connectivity index (χ0v) is 19.9. The second-order valence-electron chi connectivity index (χ2n) is 9.31. The number of nitrogens with zero attached hydrogens (tertiary/aromatic N) is 3. The third kappa shape index (κ3) is 5.12. The van der Waals surface area contributed by atoms with Crippen LogP contribution in [0.2, 0.25) is 0 Å². The van der Waals surface area contributed by atoms with E-state index in [9.17, 15) is 24.3 Å². The second-order valence-corrected chi connectivity index (χ2v) is 9.31. The molecule has 0 radical (unpaired) electrons. The lowest BCUT2D eigenvalue weighted by Crippen LogP contribution is -2.57. The van der Waals surface area contributed by atoms with Crippen molar-refractivity contribution in [2.45, 2.75) is 64.2 Å². The third-order valence-electron chi connectivity index (χ3n) is 6.94. The molecule has 1 aromatic carbocycles. The van der Waals surface area contributed by atoms with Crippen LogP contribution in [0.3, 0.4) is 0 Å². The van der Waals surface area contributed by atoms with E-state index < -0.39 is 30.0 Å². The number of rotatable bonds is 10. The zero-order valence-electron chi connectivity index (χ0n) is 19.9. The summed E-state index contributed by atoms with van der Waals surface area (Å²) in [4.78, 5) is 56.4. The first-order chi connectivity index (χ1) is 16.8. The molecule has 2 aromatic rings. The molecular weight excluding hydrogens is 450 g/mol. The highest BCUT2D eigenvalue weighted by atomic mass is 16.4. The number of aromatic nitrogens is 2. The minimum atomic E-state index is -1.07. The quantitative estimate of drug-likeness (QED) is 0.460. The van der Waals surface area contributed by atoms with E-state index in [-0.39, 0.29) is 37.1 Å². The average molecular weight is 482 g/mol. The summed E-state index contributed by atoms with van der Waals surface area (Å²) in [5.74, 6) is -2.03. The van der Waals surface area contributed by atoms with Crippen molar-refractivity contribution in [2.24, 2.45) is 5.92 Å². The molecule has 0 bridgehead atoms. The molecule has 4 atom stereocenters. The van der Waals surface area contributed by atoms with Crippen molar-refractivity contribution < 1.29 is 24.3 Å². The molecule has 0 saturated carbocycles. The molecule has 4 rings (SSSR count). The molecule has 3 N–H and O–H groups in total. The molecule has 0 aliphatic carbocycles. The number of aliphatic carboxylic acids is 1. The van der Waals surface area contributed by atoms with Gasteiger partial charge in [-0.2, -0.15) is 0 Å². The molecule has 3 heterocycles. The van der Waals surface area contributed by atoms with Gasteiger partial charge in [0.25, 0.3) is 0 Å². The van der Waals surface area contributed by atoms with E-state index in [0.717, 1.165) is 11.1 Å². The van der Waals surface area contributed by atoms with E-state index in [0.29, 0.717) is 24.9 Å². The summed E-state index contributed by atoms with van der Waals surface area (Å²) in [6.07, 6.45) is 6.71. The average Bonchev–Trinajstić information content (AvgIpc) is 3.46. The Morgan fingerprint density at radius 3 is 2.71 bits per heavy atom. The summed E-state index contributed by atoms with van der Waals surface area (Å²) >= 11 is 0. The lowest BCUT2D eigenvalue weighted by atomic mass is 9.97. The Hall–Kier alpha value is -3.53. The van der Waals surface area contributed by atoms with Crippen molar-refractivity contribution >= 4 is 29.3 Å². The van der Waals surface area contributed by atoms with Crippen molar-refractivity contribution in [1.82, 2.24) is 20.2 Å². The molecule has 2 amide bonds. The molecule has 2 aliphatic heterocycles. The zero-order chi connectivity index (χ0) is 25.1. The molecule has 35 heavy (non-hydrogen) atoms. The maximum absolute atomic E-state index is 13.5. The smallest absolute Gasteiger partial charge is 0.327 e. The largest absolute Gasteiger partial charge is 0.480 e. The summed E-state index contributed by atoms with van der Waals surface area (Å²) in [6.45, 7) is 4.02. The first kappa shape index (κ1) is 24.6. The van der Waals surface area contributed by atoms with Gasteiger partial charge in [0.2, 0.25) is 11.8 Å². The van der Waals surface area contributed by atoms with Gasteiger partial charge in [-0.05, 0) is 29.9 Å². The normalized spacial score (nSPS) is 20.6. The number of hydrogen-bond donors (Lipinski definition) is 3. The summed E-state index contributed by atoms with van der Waals surface area (Å²) in [5, 5.41) is 15.7. The first-order valence-electron chi connectivity index (χ1n) is 12.0. The number of aryl methyl sites for hydroxylation is 1. The van der Waals surface area contributed by atoms with Gasteiger partial charge in [-0.25, -0.2) is 9.78 Å². The van der Waals surface area contributed by atoms with Gasteiger partial charge in [0.1, 0.15) is 12.1 Å². The fraction of sp³-hybridized carbons (Fsp3) is 0.480. The van der Waals surface area contributed by atoms with Gasteiger partial charge in [-0.3, -0.25) is 24.6 Å². The lowest BCUT2D eigenvalue weighted by Gasteiger charge is -2.29. The van der Waals surface area contributed by atoms with Gasteiger partial charge >= 0.3 is 5.97 Å². The van der Waals surface area contributed by atoms with Gasteiger partial charge in [0.15, 0.2) is 5.78 Å². The van der Waals surface area contributed by atoms with E-state index >= 15 is 0 Å². The van der Waals surface area contributed by atoms with Crippen molar-refractivity contribution in [3.05, 3.63) is 48.0 Å². The lowest BCUT2D eigenvalue weighted by molar-refractivity contribution is -0.140. The van der Waals surface area contributed by atoms with Crippen LogP contribution in [0.15, 0.2) is 36.9 Å². The fourth-order valence-corrected chi connectivity index (χ4v) is 4.88. The fourth-order valence-electron chi connectivity index (χ4n) is 4.88. The Balaban J connectivity index is 1.47. The number of carbonyl (C=O) groups excluding carboxylic acids is 3. The number of anilines is 1. The number of nitrogens with one attached hydrogen (secondary N) is 2. The summed E-state index contributed by atoms with van der Waals surface area (Å²) in [6, 6.07) is 3.13. The number of ketones is 1. The van der Waals surface area contributed by atoms with E-state index in [1.165, 1.54) is 4.90 Å². The standard InChI is InChI=1S/C25H31N5O5/c1-3-15(2)21(27-12-18(31)13-29-10-9-26-14-29)23(32)28-19-8-7-16-5-4-6-17-11-20(25(34)35)30(22(16)17)24(19)33/h4-6,9-10,14-15,19-21,27H,3,7-8,11-13H2,1-2H3,(H,28,32)(H,34,35)/t15-,19-,20-,21-/m0/s1. The van der Waals surface area contributed by atoms with Crippen LogP contribution >= 0.6 is 0 Å². The van der Waals surface area contributed by atoms with Crippen LogP contribution in [0.5, 0.6) is 0 Å². The highest BCUT2D eigenvalue weighted by molar-refractivity contribution is 6.07. The van der Waals surface area contributed by atoms with Crippen LogP contribution in [0.1, 0.15) is 37.8 Å². The minimum Gasteiger partial charge on any atom is -0.480 e. The minimum absolute atomic E-state index is 0.00122. The number of benzene rings is 1. The Morgan fingerprint density at radius 2 is 2.03 bits per heavy atom. The molecular formula is C25H31N5O5. The van der Waals surface area contributed by atoms with Gasteiger partial charge < -0.3 is 15.0 Å². The number of para-hydroxylation sites is 1. The second kappa shape index (κ2) is 10.4. The van der Waals surface area contributed by atoms with Crippen molar-refractivity contribution in [1.29, 1.82) is 0 Å². The maximum Gasteiger partial charge on any atom is 0.327 e. The predicted molar refractivity (Wildman–Crippen MR) is 128 cm³/mol. The van der Waals surface area contributed by atoms with Crippen LogP contribution < -0.4 is 15.5 Å². The summed E-state index contributed by atoms with van der Waals surface area (Å²) in [5.41, 5.74) is 2.42. The van der Waals surface area contributed by atoms with E-state index in [2.05, 4.69) is 15.6 Å². The number of hydrogen-bond acceptors (Lipinski definition) is 6. The van der Waals surface area contributed by atoms with E-state index in [1.807, 2.05) is 32.0 Å². The molecule has 10 nitrogen and oxygen atoms in total. The predicted octanol–water partition coefficient (Wildman–Crippen LogP) is 0.930. The molecule has 2 aliphatic rings. The van der Waals surface area contributed by atoms with Crippen molar-refractivity contribution in [3.63, 3.8) is 0 Å². The van der Waals surface area contributed by atoms with Crippen LogP contribution in [0.25, 0.3) is 0 Å². The molecule has 0 unspecified atom stereocenters. The van der Waals surface area contributed by atoms with Crippen LogP contribution in [-0.4, -0.2) is 62.9 Å². The Bertz CT molecular complexity index is 1120. The molecule has 1 aromatic heterocycles. The topological polar surface area (TPSA) is 134 Å². The Morgan fingerprint density at radius 1 is 1.26 bits per heavy atom. The summed E-state index contributed by atoms with van der Waals surface area (Å²) < 4.78 is 1.66. The van der Waals surface area contributed by atoms with Crippen molar-refractivity contribution in [2.75, 3.05) is 11.4 Å². The van der Waals surface area contributed by atoms with Crippen LogP contribution in [0, 0.1) is 5.92 Å². The van der Waals surface area contributed by atoms with Gasteiger partial charge in [-0.15, -0.1) is 0 Å². The number of carboxylic acid groups (broad SMARTS) is 1. The number of amides is 2. The van der Waals surface area contributed by atoms with E-state index in [4.69, 9.17) is 0 Å². The SMILES string of the molecule is CC[C@H](C)[C@H](NCC(=O)Cn1ccnc1)C(=O)N[C@H]1CCc2cccc3c2N(C1=O)[C@H](C(=O)O)C3.